The third kappa shape index (κ3) is 4.20. The highest BCUT2D eigenvalue weighted by molar-refractivity contribution is 7.89. The molecule has 0 radical (unpaired) electrons. The maximum Gasteiger partial charge on any atom is 0.243 e. The van der Waals surface area contributed by atoms with Crippen LogP contribution in [0.15, 0.2) is 23.1 Å². The van der Waals surface area contributed by atoms with Gasteiger partial charge in [0.25, 0.3) is 0 Å². The molecule has 0 atom stereocenters. The van der Waals surface area contributed by atoms with Gasteiger partial charge in [-0.05, 0) is 30.0 Å². The van der Waals surface area contributed by atoms with Crippen molar-refractivity contribution in [1.29, 1.82) is 0 Å². The molecular weight excluding hydrogens is 284 g/mol. The van der Waals surface area contributed by atoms with Gasteiger partial charge in [-0.3, -0.25) is 0 Å². The molecule has 120 valence electrons. The summed E-state index contributed by atoms with van der Waals surface area (Å²) in [5.74, 6) is 0.394. The predicted octanol–water partition coefficient (Wildman–Crippen LogP) is 3.28. The minimum Gasteiger partial charge on any atom is -0.399 e. The second-order valence-corrected chi connectivity index (χ2v) is 7.27. The zero-order valence-corrected chi connectivity index (χ0v) is 14.4. The average Bonchev–Trinajstić information content (AvgIpc) is 2.48. The van der Waals surface area contributed by atoms with Crippen molar-refractivity contribution in [3.05, 3.63) is 23.8 Å². The molecule has 1 rings (SSSR count). The predicted molar refractivity (Wildman–Crippen MR) is 88.7 cm³/mol. The molecule has 1 aromatic carbocycles. The highest BCUT2D eigenvalue weighted by atomic mass is 32.2. The van der Waals surface area contributed by atoms with Crippen molar-refractivity contribution < 1.29 is 8.42 Å². The van der Waals surface area contributed by atoms with Crippen molar-refractivity contribution in [2.24, 2.45) is 5.92 Å². The molecule has 0 saturated heterocycles. The molecule has 0 saturated carbocycles. The zero-order valence-electron chi connectivity index (χ0n) is 13.6. The number of nitrogens with two attached hydrogens (primary N) is 1. The number of aryl methyl sites for hydroxylation is 1. The number of anilines is 1. The van der Waals surface area contributed by atoms with E-state index in [-0.39, 0.29) is 0 Å². The van der Waals surface area contributed by atoms with Crippen LogP contribution in [0.25, 0.3) is 0 Å². The Bertz CT molecular complexity index is 551. The molecule has 0 amide bonds. The van der Waals surface area contributed by atoms with E-state index < -0.39 is 10.0 Å². The summed E-state index contributed by atoms with van der Waals surface area (Å²) in [5.41, 5.74) is 7.11. The van der Waals surface area contributed by atoms with Crippen LogP contribution in [0.4, 0.5) is 5.69 Å². The summed E-state index contributed by atoms with van der Waals surface area (Å²) in [7, 11) is -3.48. The minimum atomic E-state index is -3.48. The van der Waals surface area contributed by atoms with Gasteiger partial charge in [-0.2, -0.15) is 4.31 Å². The van der Waals surface area contributed by atoms with E-state index in [0.717, 1.165) is 18.4 Å². The fraction of sp³-hybridized carbons (Fsp3) is 0.625. The lowest BCUT2D eigenvalue weighted by Gasteiger charge is -2.26. The van der Waals surface area contributed by atoms with Gasteiger partial charge in [-0.15, -0.1) is 0 Å². The molecule has 0 heterocycles. The lowest BCUT2D eigenvalue weighted by Crippen LogP contribution is -2.35. The van der Waals surface area contributed by atoms with E-state index in [4.69, 9.17) is 5.73 Å². The first-order valence-electron chi connectivity index (χ1n) is 7.79. The first-order chi connectivity index (χ1) is 9.90. The lowest BCUT2D eigenvalue weighted by atomic mass is 10.0. The molecule has 5 heteroatoms. The van der Waals surface area contributed by atoms with Gasteiger partial charge < -0.3 is 5.73 Å². The molecule has 0 aromatic heterocycles. The molecule has 2 N–H and O–H groups in total. The normalized spacial score (nSPS) is 12.3. The Balaban J connectivity index is 3.21. The van der Waals surface area contributed by atoms with Gasteiger partial charge in [0.2, 0.25) is 10.0 Å². The van der Waals surface area contributed by atoms with Gasteiger partial charge in [-0.25, -0.2) is 8.42 Å². The Morgan fingerprint density at radius 1 is 1.14 bits per heavy atom. The van der Waals surface area contributed by atoms with Crippen LogP contribution in [0.3, 0.4) is 0 Å². The molecule has 0 aliphatic carbocycles. The van der Waals surface area contributed by atoms with Crippen LogP contribution < -0.4 is 5.73 Å². The Morgan fingerprint density at radius 3 is 2.24 bits per heavy atom. The second-order valence-electron chi connectivity index (χ2n) is 5.36. The summed E-state index contributed by atoms with van der Waals surface area (Å²) in [6, 6.07) is 5.16. The van der Waals surface area contributed by atoms with Gasteiger partial charge in [0.15, 0.2) is 0 Å². The van der Waals surface area contributed by atoms with E-state index in [1.807, 2.05) is 19.9 Å². The van der Waals surface area contributed by atoms with Crippen LogP contribution in [-0.4, -0.2) is 25.8 Å². The average molecular weight is 312 g/mol. The van der Waals surface area contributed by atoms with E-state index in [1.54, 1.807) is 16.4 Å². The molecule has 0 fully saturated rings. The third-order valence-corrected chi connectivity index (χ3v) is 6.08. The topological polar surface area (TPSA) is 63.4 Å². The van der Waals surface area contributed by atoms with E-state index in [0.29, 0.717) is 36.0 Å². The number of nitrogen functional groups attached to an aromatic ring is 1. The Hall–Kier alpha value is -1.07. The van der Waals surface area contributed by atoms with Gasteiger partial charge in [0.1, 0.15) is 0 Å². The number of rotatable bonds is 8. The van der Waals surface area contributed by atoms with Gasteiger partial charge in [-0.1, -0.05) is 46.6 Å². The SMILES string of the molecule is CCc1ccc(N)cc1S(=O)(=O)N(CC)CC(CC)CC. The standard InChI is InChI=1S/C16H28N2O2S/c1-5-13(6-2)12-18(8-4)21(19,20)16-11-15(17)10-9-14(16)7-3/h9-11,13H,5-8,12,17H2,1-4H3. The summed E-state index contributed by atoms with van der Waals surface area (Å²) >= 11 is 0. The van der Waals surface area contributed by atoms with Crippen molar-refractivity contribution in [3.8, 4) is 0 Å². The molecule has 0 aliphatic heterocycles. The van der Waals surface area contributed by atoms with Crippen molar-refractivity contribution in [2.45, 2.75) is 51.9 Å². The molecule has 0 unspecified atom stereocenters. The monoisotopic (exact) mass is 312 g/mol. The third-order valence-electron chi connectivity index (χ3n) is 4.06. The van der Waals surface area contributed by atoms with Crippen LogP contribution in [0.2, 0.25) is 0 Å². The van der Waals surface area contributed by atoms with Crippen LogP contribution in [0, 0.1) is 5.92 Å². The molecule has 1 aromatic rings. The fourth-order valence-corrected chi connectivity index (χ4v) is 4.33. The first kappa shape index (κ1) is 18.0. The molecule has 4 nitrogen and oxygen atoms in total. The second kappa shape index (κ2) is 7.80. The van der Waals surface area contributed by atoms with Crippen LogP contribution in [-0.2, 0) is 16.4 Å². The van der Waals surface area contributed by atoms with Crippen LogP contribution >= 0.6 is 0 Å². The van der Waals surface area contributed by atoms with Gasteiger partial charge in [0, 0.05) is 18.8 Å². The van der Waals surface area contributed by atoms with Crippen LogP contribution in [0.1, 0.15) is 46.1 Å². The zero-order chi connectivity index (χ0) is 16.0. The maximum absolute atomic E-state index is 12.9. The Labute approximate surface area is 129 Å². The van der Waals surface area contributed by atoms with E-state index in [2.05, 4.69) is 13.8 Å². The van der Waals surface area contributed by atoms with E-state index in [1.165, 1.54) is 0 Å². The molecule has 0 bridgehead atoms. The van der Waals surface area contributed by atoms with Gasteiger partial charge >= 0.3 is 0 Å². The summed E-state index contributed by atoms with van der Waals surface area (Å²) < 4.78 is 27.4. The quantitative estimate of drug-likeness (QED) is 0.749. The summed E-state index contributed by atoms with van der Waals surface area (Å²) in [5, 5.41) is 0. The number of hydrogen-bond acceptors (Lipinski definition) is 3. The smallest absolute Gasteiger partial charge is 0.243 e. The summed E-state index contributed by atoms with van der Waals surface area (Å²) in [6.07, 6.45) is 2.65. The highest BCUT2D eigenvalue weighted by Gasteiger charge is 2.27. The Morgan fingerprint density at radius 2 is 1.76 bits per heavy atom. The van der Waals surface area contributed by atoms with Crippen molar-refractivity contribution in [1.82, 2.24) is 4.31 Å². The lowest BCUT2D eigenvalue weighted by molar-refractivity contribution is 0.339. The largest absolute Gasteiger partial charge is 0.399 e. The van der Waals surface area contributed by atoms with Crippen LogP contribution in [0.5, 0.6) is 0 Å². The number of benzene rings is 1. The van der Waals surface area contributed by atoms with E-state index in [9.17, 15) is 8.42 Å². The van der Waals surface area contributed by atoms with Crippen molar-refractivity contribution in [2.75, 3.05) is 18.8 Å². The minimum absolute atomic E-state index is 0.359. The summed E-state index contributed by atoms with van der Waals surface area (Å²) in [4.78, 5) is 0.359. The van der Waals surface area contributed by atoms with Gasteiger partial charge in [0.05, 0.1) is 4.90 Å². The molecule has 21 heavy (non-hydrogen) atoms. The molecule has 0 aliphatic rings. The fourth-order valence-electron chi connectivity index (χ4n) is 2.47. The molecular formula is C16H28N2O2S. The number of nitrogens with zero attached hydrogens (tertiary/aromatic N) is 1. The maximum atomic E-state index is 12.9. The number of hydrogen-bond donors (Lipinski definition) is 1. The molecule has 0 spiro atoms. The van der Waals surface area contributed by atoms with E-state index >= 15 is 0 Å². The van der Waals surface area contributed by atoms with Crippen molar-refractivity contribution in [3.63, 3.8) is 0 Å². The first-order valence-corrected chi connectivity index (χ1v) is 9.23. The Kier molecular flexibility index (Phi) is 6.68. The highest BCUT2D eigenvalue weighted by Crippen LogP contribution is 2.25. The summed E-state index contributed by atoms with van der Waals surface area (Å²) in [6.45, 7) is 9.11. The number of sulfonamides is 1. The van der Waals surface area contributed by atoms with Crippen molar-refractivity contribution >= 4 is 15.7 Å².